The molecule has 2 amide bonds. The van der Waals surface area contributed by atoms with Crippen LogP contribution in [0.15, 0.2) is 22.7 Å². The first-order valence-electron chi connectivity index (χ1n) is 7.07. The summed E-state index contributed by atoms with van der Waals surface area (Å²) in [5.41, 5.74) is 1.76. The van der Waals surface area contributed by atoms with Crippen molar-refractivity contribution < 1.29 is 18.8 Å². The number of nitrogens with zero attached hydrogens (tertiary/aromatic N) is 2. The van der Waals surface area contributed by atoms with Gasteiger partial charge in [0.05, 0.1) is 25.0 Å². The van der Waals surface area contributed by atoms with E-state index in [0.717, 1.165) is 5.56 Å². The van der Waals surface area contributed by atoms with E-state index in [1.54, 1.807) is 36.9 Å². The van der Waals surface area contributed by atoms with Crippen molar-refractivity contribution in [2.75, 3.05) is 18.7 Å². The first-order valence-corrected chi connectivity index (χ1v) is 8.47. The third-order valence-corrected chi connectivity index (χ3v) is 3.63. The van der Waals surface area contributed by atoms with Crippen molar-refractivity contribution in [3.05, 3.63) is 41.0 Å². The Morgan fingerprint density at radius 1 is 1.38 bits per heavy atom. The second kappa shape index (κ2) is 8.34. The molecule has 1 heterocycles. The number of anilines is 1. The highest BCUT2D eigenvalue weighted by Gasteiger charge is 2.11. The van der Waals surface area contributed by atoms with Crippen LogP contribution in [0.4, 0.5) is 10.5 Å². The molecule has 0 aliphatic carbocycles. The van der Waals surface area contributed by atoms with Gasteiger partial charge in [-0.15, -0.1) is 0 Å². The van der Waals surface area contributed by atoms with Gasteiger partial charge in [-0.3, -0.25) is 0 Å². The number of hydrogen-bond donors (Lipinski definition) is 2. The normalized spacial score (nSPS) is 10.3. The molecule has 0 saturated carbocycles. The average molecular weight is 350 g/mol. The predicted octanol–water partition coefficient (Wildman–Crippen LogP) is 2.35. The number of benzene rings is 1. The van der Waals surface area contributed by atoms with Crippen molar-refractivity contribution in [2.45, 2.75) is 19.2 Å². The van der Waals surface area contributed by atoms with Gasteiger partial charge < -0.3 is 19.9 Å². The Balaban J connectivity index is 1.90. The highest BCUT2D eigenvalue weighted by atomic mass is 32.2. The molecule has 0 unspecified atom stereocenters. The number of aromatic nitrogens is 2. The zero-order valence-corrected chi connectivity index (χ0v) is 14.4. The minimum atomic E-state index is -0.424. The number of methoxy groups -OCH3 is 1. The Hall–Kier alpha value is -2.55. The van der Waals surface area contributed by atoms with Gasteiger partial charge in [0.25, 0.3) is 0 Å². The Kier molecular flexibility index (Phi) is 6.19. The number of rotatable bonds is 6. The molecule has 2 rings (SSSR count). The molecule has 0 aliphatic heterocycles. The Labute approximate surface area is 143 Å². The highest BCUT2D eigenvalue weighted by Crippen LogP contribution is 2.17. The Morgan fingerprint density at radius 3 is 2.83 bits per heavy atom. The van der Waals surface area contributed by atoms with Crippen molar-refractivity contribution in [3.63, 3.8) is 0 Å². The van der Waals surface area contributed by atoms with Crippen LogP contribution < -0.4 is 10.6 Å². The summed E-state index contributed by atoms with van der Waals surface area (Å²) in [5.74, 6) is 1.16. The van der Waals surface area contributed by atoms with E-state index in [-0.39, 0.29) is 6.54 Å². The number of carbonyl (C=O) groups is 2. The Morgan fingerprint density at radius 2 is 2.17 bits per heavy atom. The molecule has 8 nitrogen and oxygen atoms in total. The van der Waals surface area contributed by atoms with E-state index in [9.17, 15) is 9.59 Å². The molecule has 0 atom stereocenters. The summed E-state index contributed by atoms with van der Waals surface area (Å²) in [7, 11) is 1.32. The zero-order chi connectivity index (χ0) is 17.5. The number of esters is 1. The second-order valence-corrected chi connectivity index (χ2v) is 5.73. The van der Waals surface area contributed by atoms with E-state index in [2.05, 4.69) is 25.5 Å². The van der Waals surface area contributed by atoms with Gasteiger partial charge in [0.15, 0.2) is 5.82 Å². The lowest BCUT2D eigenvalue weighted by Crippen LogP contribution is -2.28. The molecule has 128 valence electrons. The molecular weight excluding hydrogens is 332 g/mol. The zero-order valence-electron chi connectivity index (χ0n) is 13.6. The Bertz CT molecular complexity index is 732. The molecular formula is C15H18N4O4S. The summed E-state index contributed by atoms with van der Waals surface area (Å²) in [6.45, 7) is 1.92. The van der Waals surface area contributed by atoms with Crippen LogP contribution in [0.2, 0.25) is 0 Å². The molecule has 0 spiro atoms. The lowest BCUT2D eigenvalue weighted by Gasteiger charge is -2.10. The molecule has 1 aromatic heterocycles. The summed E-state index contributed by atoms with van der Waals surface area (Å²) >= 11 is 1.58. The van der Waals surface area contributed by atoms with E-state index in [1.165, 1.54) is 7.11 Å². The van der Waals surface area contributed by atoms with Crippen molar-refractivity contribution in [1.82, 2.24) is 15.5 Å². The fraction of sp³-hybridized carbons (Fsp3) is 0.333. The molecule has 0 saturated heterocycles. The van der Waals surface area contributed by atoms with Gasteiger partial charge in [0.2, 0.25) is 5.89 Å². The summed E-state index contributed by atoms with van der Waals surface area (Å²) in [6, 6.07) is 4.47. The fourth-order valence-electron chi connectivity index (χ4n) is 1.92. The molecule has 0 aliphatic rings. The van der Waals surface area contributed by atoms with Crippen LogP contribution in [0.5, 0.6) is 0 Å². The maximum atomic E-state index is 11.9. The van der Waals surface area contributed by atoms with Gasteiger partial charge in [0.1, 0.15) is 0 Å². The van der Waals surface area contributed by atoms with E-state index < -0.39 is 12.0 Å². The smallest absolute Gasteiger partial charge is 0.337 e. The average Bonchev–Trinajstić information content (AvgIpc) is 3.02. The first-order chi connectivity index (χ1) is 11.5. The minimum absolute atomic E-state index is 0.131. The molecule has 1 aromatic carbocycles. The number of ether oxygens (including phenoxy) is 1. The SMILES string of the molecule is COC(=O)c1ccc(NC(=O)NCc2nc(CSC)no2)c(C)c1. The molecule has 2 N–H and O–H groups in total. The van der Waals surface area contributed by atoms with E-state index in [4.69, 9.17) is 4.52 Å². The van der Waals surface area contributed by atoms with Gasteiger partial charge in [-0.1, -0.05) is 5.16 Å². The largest absolute Gasteiger partial charge is 0.465 e. The monoisotopic (exact) mass is 350 g/mol. The minimum Gasteiger partial charge on any atom is -0.465 e. The summed E-state index contributed by atoms with van der Waals surface area (Å²) in [5, 5.41) is 9.13. The summed E-state index contributed by atoms with van der Waals surface area (Å²) in [6.07, 6.45) is 1.94. The standard InChI is InChI=1S/C15H18N4O4S/c1-9-6-10(14(20)22-2)4-5-11(9)17-15(21)16-7-13-18-12(8-24-3)19-23-13/h4-6H,7-8H2,1-3H3,(H2,16,17,21). The van der Waals surface area contributed by atoms with Gasteiger partial charge in [-0.05, 0) is 36.9 Å². The fourth-order valence-corrected chi connectivity index (χ4v) is 2.30. The number of amides is 2. The van der Waals surface area contributed by atoms with Crippen LogP contribution in [0, 0.1) is 6.92 Å². The number of urea groups is 1. The maximum absolute atomic E-state index is 11.9. The van der Waals surface area contributed by atoms with Crippen LogP contribution >= 0.6 is 11.8 Å². The van der Waals surface area contributed by atoms with Gasteiger partial charge in [-0.2, -0.15) is 16.7 Å². The highest BCUT2D eigenvalue weighted by molar-refractivity contribution is 7.97. The maximum Gasteiger partial charge on any atom is 0.337 e. The van der Waals surface area contributed by atoms with Crippen LogP contribution in [-0.2, 0) is 17.0 Å². The van der Waals surface area contributed by atoms with Crippen LogP contribution in [0.25, 0.3) is 0 Å². The van der Waals surface area contributed by atoms with Crippen LogP contribution in [0.1, 0.15) is 27.6 Å². The molecule has 0 radical (unpaired) electrons. The predicted molar refractivity (Wildman–Crippen MR) is 89.9 cm³/mol. The molecule has 0 fully saturated rings. The van der Waals surface area contributed by atoms with Crippen molar-refractivity contribution in [3.8, 4) is 0 Å². The topological polar surface area (TPSA) is 106 Å². The van der Waals surface area contributed by atoms with Crippen LogP contribution in [-0.4, -0.2) is 35.5 Å². The first kappa shape index (κ1) is 17.8. The number of carbonyl (C=O) groups excluding carboxylic acids is 2. The second-order valence-electron chi connectivity index (χ2n) is 4.87. The molecule has 24 heavy (non-hydrogen) atoms. The van der Waals surface area contributed by atoms with Gasteiger partial charge >= 0.3 is 12.0 Å². The quantitative estimate of drug-likeness (QED) is 0.770. The van der Waals surface area contributed by atoms with Crippen molar-refractivity contribution >= 4 is 29.4 Å². The molecule has 0 bridgehead atoms. The van der Waals surface area contributed by atoms with E-state index in [1.807, 2.05) is 6.26 Å². The van der Waals surface area contributed by atoms with Crippen LogP contribution in [0.3, 0.4) is 0 Å². The third-order valence-electron chi connectivity index (χ3n) is 3.08. The van der Waals surface area contributed by atoms with Crippen molar-refractivity contribution in [2.24, 2.45) is 0 Å². The number of aryl methyl sites for hydroxylation is 1. The molecule has 9 heteroatoms. The van der Waals surface area contributed by atoms with E-state index in [0.29, 0.717) is 28.7 Å². The summed E-state index contributed by atoms with van der Waals surface area (Å²) < 4.78 is 9.68. The van der Waals surface area contributed by atoms with Gasteiger partial charge in [0, 0.05) is 5.69 Å². The third kappa shape index (κ3) is 4.72. The van der Waals surface area contributed by atoms with Crippen molar-refractivity contribution in [1.29, 1.82) is 0 Å². The number of nitrogens with one attached hydrogen (secondary N) is 2. The molecule has 2 aromatic rings. The lowest BCUT2D eigenvalue weighted by atomic mass is 10.1. The van der Waals surface area contributed by atoms with E-state index >= 15 is 0 Å². The number of thioether (sulfide) groups is 1. The lowest BCUT2D eigenvalue weighted by molar-refractivity contribution is 0.0600. The van der Waals surface area contributed by atoms with Gasteiger partial charge in [-0.25, -0.2) is 9.59 Å². The number of hydrogen-bond acceptors (Lipinski definition) is 7. The summed E-state index contributed by atoms with van der Waals surface area (Å²) in [4.78, 5) is 27.5.